The zero-order valence-corrected chi connectivity index (χ0v) is 18.4. The van der Waals surface area contributed by atoms with Crippen LogP contribution in [0.15, 0.2) is 78.9 Å². The molecule has 2 fully saturated rings. The molecule has 0 saturated carbocycles. The third-order valence-corrected chi connectivity index (χ3v) is 6.18. The van der Waals surface area contributed by atoms with E-state index in [1.165, 1.54) is 4.90 Å². The second-order valence-electron chi connectivity index (χ2n) is 8.14. The van der Waals surface area contributed by atoms with Crippen molar-refractivity contribution in [1.29, 1.82) is 0 Å². The van der Waals surface area contributed by atoms with E-state index in [1.54, 1.807) is 29.3 Å². The van der Waals surface area contributed by atoms with Gasteiger partial charge in [0.25, 0.3) is 5.91 Å². The lowest BCUT2D eigenvalue weighted by Gasteiger charge is -2.29. The van der Waals surface area contributed by atoms with Crippen LogP contribution in [0.1, 0.15) is 11.6 Å². The van der Waals surface area contributed by atoms with Crippen LogP contribution in [0, 0.1) is 5.92 Å². The molecular formula is C25H22ClN3O3. The van der Waals surface area contributed by atoms with Crippen LogP contribution in [-0.4, -0.2) is 32.0 Å². The van der Waals surface area contributed by atoms with Crippen LogP contribution in [0.2, 0.25) is 5.02 Å². The predicted octanol–water partition coefficient (Wildman–Crippen LogP) is 4.46. The molecule has 162 valence electrons. The first-order chi connectivity index (χ1) is 15.5. The molecule has 7 heteroatoms. The number of hydrogen-bond donors (Lipinski definition) is 0. The van der Waals surface area contributed by atoms with Crippen molar-refractivity contribution in [1.82, 2.24) is 0 Å². The van der Waals surface area contributed by atoms with Gasteiger partial charge in [-0.25, -0.2) is 9.96 Å². The van der Waals surface area contributed by atoms with Crippen LogP contribution in [0.5, 0.6) is 0 Å². The Kier molecular flexibility index (Phi) is 5.12. The van der Waals surface area contributed by atoms with Gasteiger partial charge in [-0.1, -0.05) is 48.0 Å². The van der Waals surface area contributed by atoms with Gasteiger partial charge < -0.3 is 4.90 Å². The summed E-state index contributed by atoms with van der Waals surface area (Å²) >= 11 is 6.11. The van der Waals surface area contributed by atoms with Crippen LogP contribution < -0.4 is 14.9 Å². The first-order valence-corrected chi connectivity index (χ1v) is 10.8. The minimum absolute atomic E-state index is 0.289. The molecule has 5 rings (SSSR count). The van der Waals surface area contributed by atoms with Crippen LogP contribution >= 0.6 is 11.6 Å². The van der Waals surface area contributed by atoms with Crippen molar-refractivity contribution in [3.8, 4) is 0 Å². The fraction of sp³-hybridized carbons (Fsp3) is 0.200. The highest BCUT2D eigenvalue weighted by Gasteiger charge is 2.60. The minimum Gasteiger partial charge on any atom is -0.378 e. The number of fused-ring (bicyclic) bond motifs is 1. The summed E-state index contributed by atoms with van der Waals surface area (Å²) in [6.07, 6.45) is -0.903. The van der Waals surface area contributed by atoms with E-state index in [1.807, 2.05) is 73.6 Å². The summed E-state index contributed by atoms with van der Waals surface area (Å²) in [7, 11) is 3.95. The van der Waals surface area contributed by atoms with Crippen molar-refractivity contribution in [2.75, 3.05) is 29.0 Å². The van der Waals surface area contributed by atoms with E-state index in [-0.39, 0.29) is 11.8 Å². The Morgan fingerprint density at radius 1 is 0.844 bits per heavy atom. The number of hydroxylamine groups is 1. The Bertz CT molecular complexity index is 1170. The topological polar surface area (TPSA) is 53.1 Å². The maximum absolute atomic E-state index is 13.6. The van der Waals surface area contributed by atoms with Gasteiger partial charge in [-0.3, -0.25) is 14.4 Å². The van der Waals surface area contributed by atoms with Crippen molar-refractivity contribution in [3.05, 3.63) is 89.4 Å². The van der Waals surface area contributed by atoms with E-state index in [4.69, 9.17) is 16.4 Å². The standard InChI is InChI=1S/C25H22ClN3O3/c1-27(2)18-13-11-16(12-14-18)22-21-23(32-29(22)19-8-4-3-5-9-19)25(31)28(24(21)30)20-10-6-7-17(26)15-20/h3-15,21-23H,1-2H3/t21-,22+,23-/m0/s1. The number of carbonyl (C=O) groups is 2. The van der Waals surface area contributed by atoms with Crippen LogP contribution in [-0.2, 0) is 14.4 Å². The maximum Gasteiger partial charge on any atom is 0.266 e. The fourth-order valence-electron chi connectivity index (χ4n) is 4.39. The fourth-order valence-corrected chi connectivity index (χ4v) is 4.58. The molecule has 32 heavy (non-hydrogen) atoms. The molecule has 0 bridgehead atoms. The second-order valence-corrected chi connectivity index (χ2v) is 8.57. The largest absolute Gasteiger partial charge is 0.378 e. The van der Waals surface area contributed by atoms with Crippen molar-refractivity contribution < 1.29 is 14.4 Å². The van der Waals surface area contributed by atoms with E-state index in [0.717, 1.165) is 16.9 Å². The smallest absolute Gasteiger partial charge is 0.266 e. The average Bonchev–Trinajstić information content (AvgIpc) is 3.30. The molecule has 2 saturated heterocycles. The van der Waals surface area contributed by atoms with Gasteiger partial charge >= 0.3 is 0 Å². The molecule has 0 radical (unpaired) electrons. The average molecular weight is 448 g/mol. The maximum atomic E-state index is 13.6. The van der Waals surface area contributed by atoms with Gasteiger partial charge in [0.1, 0.15) is 5.92 Å². The Morgan fingerprint density at radius 3 is 2.19 bits per heavy atom. The number of nitrogens with zero attached hydrogens (tertiary/aromatic N) is 3. The lowest BCUT2D eigenvalue weighted by Crippen LogP contribution is -2.37. The number of hydrogen-bond acceptors (Lipinski definition) is 5. The molecule has 0 aliphatic carbocycles. The van der Waals surface area contributed by atoms with Crippen molar-refractivity contribution >= 4 is 40.5 Å². The van der Waals surface area contributed by atoms with Crippen molar-refractivity contribution in [3.63, 3.8) is 0 Å². The molecule has 3 aromatic rings. The van der Waals surface area contributed by atoms with Gasteiger partial charge in [0.2, 0.25) is 5.91 Å². The van der Waals surface area contributed by atoms with Gasteiger partial charge in [0.05, 0.1) is 17.4 Å². The van der Waals surface area contributed by atoms with Crippen LogP contribution in [0.25, 0.3) is 0 Å². The third-order valence-electron chi connectivity index (χ3n) is 5.94. The third kappa shape index (κ3) is 3.32. The number of benzene rings is 3. The van der Waals surface area contributed by atoms with Gasteiger partial charge in [-0.2, -0.15) is 0 Å². The summed E-state index contributed by atoms with van der Waals surface area (Å²) in [5.41, 5.74) is 3.20. The normalized spacial score (nSPS) is 22.4. The monoisotopic (exact) mass is 447 g/mol. The SMILES string of the molecule is CN(C)c1ccc([C@@H]2[C@@H]3C(=O)N(c4cccc(Cl)c4)C(=O)[C@H]3ON2c2ccccc2)cc1. The summed E-state index contributed by atoms with van der Waals surface area (Å²) in [6.45, 7) is 0. The molecule has 2 amide bonds. The number of rotatable bonds is 4. The molecule has 3 atom stereocenters. The summed E-state index contributed by atoms with van der Waals surface area (Å²) in [6, 6.07) is 23.8. The van der Waals surface area contributed by atoms with E-state index in [2.05, 4.69) is 0 Å². The van der Waals surface area contributed by atoms with Crippen molar-refractivity contribution in [2.24, 2.45) is 5.92 Å². The van der Waals surface area contributed by atoms with E-state index in [9.17, 15) is 9.59 Å². The zero-order valence-electron chi connectivity index (χ0n) is 17.7. The lowest BCUT2D eigenvalue weighted by atomic mass is 9.90. The molecule has 2 heterocycles. The van der Waals surface area contributed by atoms with E-state index in [0.29, 0.717) is 10.7 Å². The highest BCUT2D eigenvalue weighted by Crippen LogP contribution is 2.47. The van der Waals surface area contributed by atoms with Crippen LogP contribution in [0.4, 0.5) is 17.1 Å². The van der Waals surface area contributed by atoms with E-state index >= 15 is 0 Å². The summed E-state index contributed by atoms with van der Waals surface area (Å²) in [5, 5.41) is 2.16. The molecule has 0 unspecified atom stereocenters. The number of halogens is 1. The number of anilines is 3. The van der Waals surface area contributed by atoms with Gasteiger partial charge in [-0.05, 0) is 48.0 Å². The number of imide groups is 1. The molecule has 6 nitrogen and oxygen atoms in total. The molecular weight excluding hydrogens is 426 g/mol. The lowest BCUT2D eigenvalue weighted by molar-refractivity contribution is -0.126. The first kappa shape index (κ1) is 20.5. The van der Waals surface area contributed by atoms with Gasteiger partial charge in [-0.15, -0.1) is 0 Å². The molecule has 3 aromatic carbocycles. The number of para-hydroxylation sites is 1. The Labute approximate surface area is 191 Å². The first-order valence-electron chi connectivity index (χ1n) is 10.4. The quantitative estimate of drug-likeness (QED) is 0.553. The Morgan fingerprint density at radius 2 is 1.53 bits per heavy atom. The molecule has 2 aliphatic heterocycles. The highest BCUT2D eigenvalue weighted by molar-refractivity contribution is 6.31. The Balaban J connectivity index is 1.57. The molecule has 0 N–H and O–H groups in total. The number of carbonyl (C=O) groups excluding carboxylic acids is 2. The predicted molar refractivity (Wildman–Crippen MR) is 125 cm³/mol. The molecule has 0 spiro atoms. The van der Waals surface area contributed by atoms with Crippen molar-refractivity contribution in [2.45, 2.75) is 12.1 Å². The molecule has 2 aliphatic rings. The number of amides is 2. The molecule has 0 aromatic heterocycles. The summed E-state index contributed by atoms with van der Waals surface area (Å²) < 4.78 is 0. The zero-order chi connectivity index (χ0) is 22.4. The van der Waals surface area contributed by atoms with Gasteiger partial charge in [0, 0.05) is 24.8 Å². The summed E-state index contributed by atoms with van der Waals surface area (Å²) in [4.78, 5) is 36.3. The van der Waals surface area contributed by atoms with Crippen LogP contribution in [0.3, 0.4) is 0 Å². The van der Waals surface area contributed by atoms with Gasteiger partial charge in [0.15, 0.2) is 6.10 Å². The van der Waals surface area contributed by atoms with E-state index < -0.39 is 18.1 Å². The summed E-state index contributed by atoms with van der Waals surface area (Å²) in [5.74, 6) is -1.34. The second kappa shape index (κ2) is 7.97. The minimum atomic E-state index is -0.903. The highest BCUT2D eigenvalue weighted by atomic mass is 35.5. The Hall–Kier alpha value is -3.35.